The fourth-order valence-corrected chi connectivity index (χ4v) is 1.87. The number of Topliss-reactive ketones (excluding diaryl/α,β-unsaturated/α-hetero) is 1. The highest BCUT2D eigenvalue weighted by Gasteiger charge is 2.20. The highest BCUT2D eigenvalue weighted by Crippen LogP contribution is 2.28. The SMILES string of the molecule is CC(=O)C(Br)c1ccc(C(O)C(=O)O)cc1C=O. The number of hydrogen-bond acceptors (Lipinski definition) is 4. The van der Waals surface area contributed by atoms with Gasteiger partial charge in [0, 0.05) is 5.56 Å². The zero-order valence-corrected chi connectivity index (χ0v) is 11.0. The van der Waals surface area contributed by atoms with Gasteiger partial charge in [0.15, 0.2) is 6.10 Å². The van der Waals surface area contributed by atoms with E-state index < -0.39 is 16.9 Å². The lowest BCUT2D eigenvalue weighted by atomic mass is 9.98. The molecule has 1 rings (SSSR count). The van der Waals surface area contributed by atoms with E-state index in [4.69, 9.17) is 5.11 Å². The molecule has 96 valence electrons. The molecule has 6 heteroatoms. The van der Waals surface area contributed by atoms with Crippen molar-refractivity contribution in [2.75, 3.05) is 0 Å². The Balaban J connectivity index is 3.23. The van der Waals surface area contributed by atoms with Crippen molar-refractivity contribution >= 4 is 34.0 Å². The molecule has 0 radical (unpaired) electrons. The van der Waals surface area contributed by atoms with Crippen LogP contribution in [0.4, 0.5) is 0 Å². The second kappa shape index (κ2) is 5.88. The molecular weight excluding hydrogens is 304 g/mol. The van der Waals surface area contributed by atoms with Crippen LogP contribution in [-0.4, -0.2) is 28.3 Å². The van der Waals surface area contributed by atoms with E-state index in [0.717, 1.165) is 0 Å². The van der Waals surface area contributed by atoms with Crippen molar-refractivity contribution in [3.8, 4) is 0 Å². The van der Waals surface area contributed by atoms with Crippen molar-refractivity contribution in [1.82, 2.24) is 0 Å². The zero-order chi connectivity index (χ0) is 13.9. The number of carboxylic acid groups (broad SMARTS) is 1. The van der Waals surface area contributed by atoms with Gasteiger partial charge in [-0.05, 0) is 24.1 Å². The molecule has 2 atom stereocenters. The first-order valence-corrected chi connectivity index (χ1v) is 5.94. The molecule has 0 aliphatic carbocycles. The second-order valence-electron chi connectivity index (χ2n) is 3.72. The number of aliphatic hydroxyl groups is 1. The molecule has 2 unspecified atom stereocenters. The number of halogens is 1. The Kier molecular flexibility index (Phi) is 4.75. The molecule has 0 saturated carbocycles. The molecule has 0 spiro atoms. The number of aldehydes is 1. The van der Waals surface area contributed by atoms with Gasteiger partial charge in [0.25, 0.3) is 0 Å². The Morgan fingerprint density at radius 3 is 2.44 bits per heavy atom. The van der Waals surface area contributed by atoms with Crippen molar-refractivity contribution in [3.63, 3.8) is 0 Å². The molecule has 0 aliphatic heterocycles. The number of carbonyl (C=O) groups is 3. The number of aliphatic carboxylic acids is 1. The van der Waals surface area contributed by atoms with E-state index in [2.05, 4.69) is 15.9 Å². The summed E-state index contributed by atoms with van der Waals surface area (Å²) in [7, 11) is 0. The summed E-state index contributed by atoms with van der Waals surface area (Å²) >= 11 is 3.15. The summed E-state index contributed by atoms with van der Waals surface area (Å²) in [6.45, 7) is 1.37. The summed E-state index contributed by atoms with van der Waals surface area (Å²) in [5.74, 6) is -1.58. The Morgan fingerprint density at radius 1 is 1.39 bits per heavy atom. The molecule has 0 amide bonds. The molecule has 0 saturated heterocycles. The Labute approximate surface area is 112 Å². The lowest BCUT2D eigenvalue weighted by Crippen LogP contribution is -2.12. The standard InChI is InChI=1S/C12H11BrO5/c1-6(15)10(13)9-3-2-7(4-8(9)5-14)11(16)12(17)18/h2-5,10-11,16H,1H3,(H,17,18). The zero-order valence-electron chi connectivity index (χ0n) is 9.46. The number of benzene rings is 1. The maximum absolute atomic E-state index is 11.2. The fraction of sp³-hybridized carbons (Fsp3) is 0.250. The number of hydrogen-bond donors (Lipinski definition) is 2. The van der Waals surface area contributed by atoms with E-state index >= 15 is 0 Å². The number of ketones is 1. The number of rotatable bonds is 5. The van der Waals surface area contributed by atoms with Crippen LogP contribution in [0.1, 0.15) is 39.3 Å². The van der Waals surface area contributed by atoms with E-state index in [0.29, 0.717) is 11.8 Å². The first-order valence-electron chi connectivity index (χ1n) is 5.03. The summed E-state index contributed by atoms with van der Waals surface area (Å²) in [6.07, 6.45) is -1.17. The minimum absolute atomic E-state index is 0.0941. The highest BCUT2D eigenvalue weighted by molar-refractivity contribution is 9.09. The molecule has 0 bridgehead atoms. The van der Waals surface area contributed by atoms with Gasteiger partial charge in [-0.25, -0.2) is 4.79 Å². The fourth-order valence-electron chi connectivity index (χ4n) is 1.46. The van der Waals surface area contributed by atoms with Crippen molar-refractivity contribution in [1.29, 1.82) is 0 Å². The molecule has 1 aromatic carbocycles. The summed E-state index contributed by atoms with van der Waals surface area (Å²) in [6, 6.07) is 4.09. The van der Waals surface area contributed by atoms with E-state index in [1.54, 1.807) is 0 Å². The van der Waals surface area contributed by atoms with Gasteiger partial charge in [-0.1, -0.05) is 28.1 Å². The van der Waals surface area contributed by atoms with Gasteiger partial charge in [0.05, 0.1) is 4.83 Å². The first-order chi connectivity index (χ1) is 8.38. The van der Waals surface area contributed by atoms with Crippen LogP contribution in [-0.2, 0) is 9.59 Å². The molecular formula is C12H11BrO5. The second-order valence-corrected chi connectivity index (χ2v) is 4.64. The summed E-state index contributed by atoms with van der Waals surface area (Å²) < 4.78 is 0. The predicted molar refractivity (Wildman–Crippen MR) is 66.8 cm³/mol. The van der Waals surface area contributed by atoms with Crippen molar-refractivity contribution in [2.45, 2.75) is 17.9 Å². The van der Waals surface area contributed by atoms with Crippen LogP contribution in [0, 0.1) is 0 Å². The van der Waals surface area contributed by atoms with Crippen LogP contribution < -0.4 is 0 Å². The average Bonchev–Trinajstić information content (AvgIpc) is 2.35. The lowest BCUT2D eigenvalue weighted by Gasteiger charge is -2.12. The number of carboxylic acids is 1. The molecule has 0 aromatic heterocycles. The molecule has 1 aromatic rings. The summed E-state index contributed by atoms with van der Waals surface area (Å²) in [5.41, 5.74) is 0.709. The van der Waals surface area contributed by atoms with Gasteiger partial charge in [-0.2, -0.15) is 0 Å². The summed E-state index contributed by atoms with van der Waals surface area (Å²) in [4.78, 5) is 32.2. The van der Waals surface area contributed by atoms with Gasteiger partial charge < -0.3 is 10.2 Å². The van der Waals surface area contributed by atoms with Crippen LogP contribution in [0.3, 0.4) is 0 Å². The Hall–Kier alpha value is -1.53. The van der Waals surface area contributed by atoms with E-state index in [1.807, 2.05) is 0 Å². The van der Waals surface area contributed by atoms with E-state index in [9.17, 15) is 19.5 Å². The number of aliphatic hydroxyl groups excluding tert-OH is 1. The minimum atomic E-state index is -1.69. The third kappa shape index (κ3) is 3.02. The highest BCUT2D eigenvalue weighted by atomic mass is 79.9. The maximum Gasteiger partial charge on any atom is 0.337 e. The largest absolute Gasteiger partial charge is 0.479 e. The third-order valence-corrected chi connectivity index (χ3v) is 3.56. The quantitative estimate of drug-likeness (QED) is 0.637. The van der Waals surface area contributed by atoms with Gasteiger partial charge in [0.1, 0.15) is 12.1 Å². The Morgan fingerprint density at radius 2 is 2.00 bits per heavy atom. The van der Waals surface area contributed by atoms with Gasteiger partial charge >= 0.3 is 5.97 Å². The smallest absolute Gasteiger partial charge is 0.337 e. The van der Waals surface area contributed by atoms with E-state index in [-0.39, 0.29) is 16.9 Å². The molecule has 0 aliphatic rings. The number of carbonyl (C=O) groups excluding carboxylic acids is 2. The van der Waals surface area contributed by atoms with Crippen LogP contribution in [0.5, 0.6) is 0 Å². The first kappa shape index (κ1) is 14.5. The van der Waals surface area contributed by atoms with Crippen LogP contribution in [0.15, 0.2) is 18.2 Å². The summed E-state index contributed by atoms with van der Waals surface area (Å²) in [5, 5.41) is 18.0. The Bertz CT molecular complexity index is 497. The lowest BCUT2D eigenvalue weighted by molar-refractivity contribution is -0.147. The number of alkyl halides is 1. The average molecular weight is 315 g/mol. The van der Waals surface area contributed by atoms with Gasteiger partial charge in [-0.3, -0.25) is 9.59 Å². The van der Waals surface area contributed by atoms with Crippen molar-refractivity contribution < 1.29 is 24.6 Å². The monoisotopic (exact) mass is 314 g/mol. The molecule has 2 N–H and O–H groups in total. The third-order valence-electron chi connectivity index (χ3n) is 2.42. The van der Waals surface area contributed by atoms with Crippen LogP contribution in [0.25, 0.3) is 0 Å². The van der Waals surface area contributed by atoms with Crippen molar-refractivity contribution in [3.05, 3.63) is 34.9 Å². The molecule has 0 heterocycles. The maximum atomic E-state index is 11.2. The van der Waals surface area contributed by atoms with Crippen molar-refractivity contribution in [2.24, 2.45) is 0 Å². The van der Waals surface area contributed by atoms with Gasteiger partial charge in [-0.15, -0.1) is 0 Å². The van der Waals surface area contributed by atoms with E-state index in [1.165, 1.54) is 25.1 Å². The van der Waals surface area contributed by atoms with Crippen LogP contribution >= 0.6 is 15.9 Å². The molecule has 18 heavy (non-hydrogen) atoms. The van der Waals surface area contributed by atoms with Crippen LogP contribution in [0.2, 0.25) is 0 Å². The minimum Gasteiger partial charge on any atom is -0.479 e. The topological polar surface area (TPSA) is 91.7 Å². The van der Waals surface area contributed by atoms with Gasteiger partial charge in [0.2, 0.25) is 0 Å². The normalized spacial score (nSPS) is 13.7. The predicted octanol–water partition coefficient (Wildman–Crippen LogP) is 1.64. The molecule has 5 nitrogen and oxygen atoms in total. The molecule has 0 fully saturated rings.